The number of H-pyrrole nitrogens is 1. The number of nitrogens with one attached hydrogen (secondary N) is 8. The number of nitrogens with zero attached hydrogens (tertiary/aromatic N) is 4. The first-order valence-corrected chi connectivity index (χ1v) is 29.8. The van der Waals surface area contributed by atoms with Gasteiger partial charge in [0.2, 0.25) is 60.1 Å². The summed E-state index contributed by atoms with van der Waals surface area (Å²) in [4.78, 5) is 146. The molecule has 11 N–H and O–H groups in total. The molecular formula is C63H79N13O11. The molecule has 0 spiro atoms. The summed E-state index contributed by atoms with van der Waals surface area (Å²) >= 11 is 0. The number of hydrogen-bond donors (Lipinski definition) is 10. The molecule has 5 heterocycles. The highest BCUT2D eigenvalue weighted by Gasteiger charge is 2.41. The zero-order valence-corrected chi connectivity index (χ0v) is 49.4. The lowest BCUT2D eigenvalue weighted by molar-refractivity contribution is -0.142. The van der Waals surface area contributed by atoms with Gasteiger partial charge in [0.15, 0.2) is 0 Å². The van der Waals surface area contributed by atoms with Gasteiger partial charge in [-0.05, 0) is 79.3 Å². The summed E-state index contributed by atoms with van der Waals surface area (Å²) in [5, 5.41) is 33.4. The average molecular weight is 1190 g/mol. The lowest BCUT2D eigenvalue weighted by Crippen LogP contribution is -2.60. The van der Waals surface area contributed by atoms with Crippen molar-refractivity contribution >= 4 is 81.9 Å². The number of fused-ring (bicyclic) bond motifs is 2. The SMILES string of the molecule is CC[C@H](C)[C@H](NC(=O)CC(O)C(CC(C)C)NC(=O)[C@H](Cc1cnc[nH]1)NC(=O)[C@H](Cc1ccccc1)NC(=O)[C@@H]1CCCN1C(=O)[C@H](Cc1cn(C=O)c2ccccc12)NC(=O)[C@@H]1CCCN1)C(=O)N[C@@H](Cc1cn(C=O)c2ccccc12)C(N)=O. The van der Waals surface area contributed by atoms with Crippen molar-refractivity contribution in [1.82, 2.24) is 61.2 Å². The van der Waals surface area contributed by atoms with Gasteiger partial charge >= 0.3 is 0 Å². The smallest absolute Gasteiger partial charge is 0.246 e. The lowest BCUT2D eigenvalue weighted by Gasteiger charge is -2.31. The quantitative estimate of drug-likeness (QED) is 0.0287. The molecule has 0 radical (unpaired) electrons. The monoisotopic (exact) mass is 1190 g/mol. The van der Waals surface area contributed by atoms with Crippen molar-refractivity contribution in [1.29, 1.82) is 0 Å². The Morgan fingerprint density at radius 2 is 1.29 bits per heavy atom. The molecule has 0 saturated carbocycles. The fraction of sp³-hybridized carbons (Fsp3) is 0.444. The van der Waals surface area contributed by atoms with Gasteiger partial charge in [0.05, 0.1) is 42.0 Å². The molecule has 2 fully saturated rings. The number of aliphatic hydroxyl groups is 1. The van der Waals surface area contributed by atoms with Crippen LogP contribution in [-0.4, -0.2) is 157 Å². The first-order chi connectivity index (χ1) is 41.8. The van der Waals surface area contributed by atoms with Gasteiger partial charge in [0, 0.05) is 67.3 Å². The second-order valence-electron chi connectivity index (χ2n) is 23.2. The number of amides is 8. The number of aliphatic hydroxyl groups excluding tert-OH is 1. The Bertz CT molecular complexity index is 3410. The summed E-state index contributed by atoms with van der Waals surface area (Å²) in [7, 11) is 0. The average Bonchev–Trinajstić information content (AvgIpc) is 2.05. The van der Waals surface area contributed by atoms with Gasteiger partial charge < -0.3 is 57.9 Å². The van der Waals surface area contributed by atoms with Crippen LogP contribution >= 0.6 is 0 Å². The maximum Gasteiger partial charge on any atom is 0.246 e. The van der Waals surface area contributed by atoms with Crippen LogP contribution in [0.3, 0.4) is 0 Å². The van der Waals surface area contributed by atoms with Gasteiger partial charge in [-0.15, -0.1) is 0 Å². The van der Waals surface area contributed by atoms with Gasteiger partial charge in [-0.25, -0.2) is 4.98 Å². The molecule has 462 valence electrons. The number of likely N-dealkylation sites (tertiary alicyclic amines) is 1. The Morgan fingerprint density at radius 3 is 1.87 bits per heavy atom. The molecule has 2 aliphatic rings. The first kappa shape index (κ1) is 64.0. The van der Waals surface area contributed by atoms with Gasteiger partial charge in [-0.2, -0.15) is 0 Å². The van der Waals surface area contributed by atoms with E-state index in [-0.39, 0.29) is 56.9 Å². The molecular weight excluding hydrogens is 1110 g/mol. The molecule has 0 bridgehead atoms. The number of primary amides is 1. The van der Waals surface area contributed by atoms with E-state index >= 15 is 0 Å². The van der Waals surface area contributed by atoms with Gasteiger partial charge in [-0.1, -0.05) is 101 Å². The van der Waals surface area contributed by atoms with Gasteiger partial charge in [0.25, 0.3) is 0 Å². The van der Waals surface area contributed by atoms with E-state index in [1.807, 2.05) is 32.9 Å². The molecule has 24 nitrogen and oxygen atoms in total. The van der Waals surface area contributed by atoms with Crippen LogP contribution < -0.4 is 43.0 Å². The summed E-state index contributed by atoms with van der Waals surface area (Å²) in [5.41, 5.74) is 9.38. The Labute approximate surface area is 503 Å². The standard InChI is InChI=1S/C63H79N13O11/c1-5-38(4)56(62(86)69-47(57(64)81)27-40-32-74(35-77)51-20-11-9-17-43(40)51)73-55(80)30-54(79)46(25-37(2)3)68-60(84)49(29-42-31-65-34-67-42)70-59(83)48(26-39-15-7-6-8-16-39)71-61(85)53-22-14-24-76(53)63(87)50(72-58(82)45-19-13-23-66-45)28-41-33-75(36-78)52-21-12-10-18-44(41)52/h6-12,15-18,20-21,31-38,45-50,53-54,56,66,79H,5,13-14,19,22-30H2,1-4H3,(H2,64,81)(H,65,67)(H,68,84)(H,69,86)(H,70,83)(H,71,85)(H,72,82)(H,73,80)/t38-,45-,46?,47-,48-,49-,50-,53-,54?,56-/m0/s1. The van der Waals surface area contributed by atoms with Crippen molar-refractivity contribution in [3.05, 3.63) is 126 Å². The summed E-state index contributed by atoms with van der Waals surface area (Å²) < 4.78 is 2.78. The Balaban J connectivity index is 0.970. The van der Waals surface area contributed by atoms with Crippen LogP contribution in [0, 0.1) is 11.8 Å². The van der Waals surface area contributed by atoms with Crippen LogP contribution in [0.4, 0.5) is 0 Å². The predicted octanol–water partition coefficient (Wildman–Crippen LogP) is 1.65. The Kier molecular flexibility index (Phi) is 22.0. The number of aromatic nitrogens is 4. The second-order valence-corrected chi connectivity index (χ2v) is 23.2. The molecule has 87 heavy (non-hydrogen) atoms. The third kappa shape index (κ3) is 16.3. The Hall–Kier alpha value is -9.03. The van der Waals surface area contributed by atoms with Crippen molar-refractivity contribution in [2.24, 2.45) is 17.6 Å². The van der Waals surface area contributed by atoms with Crippen LogP contribution in [0.2, 0.25) is 0 Å². The van der Waals surface area contributed by atoms with Gasteiger partial charge in [0.1, 0.15) is 36.3 Å². The molecule has 3 aromatic carbocycles. The number of para-hydroxylation sites is 2. The summed E-state index contributed by atoms with van der Waals surface area (Å²) in [6.45, 7) is 8.10. The molecule has 2 aliphatic heterocycles. The highest BCUT2D eigenvalue weighted by Crippen LogP contribution is 2.26. The van der Waals surface area contributed by atoms with Crippen LogP contribution in [0.1, 0.15) is 95.0 Å². The Morgan fingerprint density at radius 1 is 0.690 bits per heavy atom. The predicted molar refractivity (Wildman–Crippen MR) is 324 cm³/mol. The molecule has 8 amide bonds. The van der Waals surface area contributed by atoms with E-state index in [0.717, 1.165) is 11.8 Å². The molecule has 0 aliphatic carbocycles. The number of benzene rings is 3. The number of aromatic amines is 1. The first-order valence-electron chi connectivity index (χ1n) is 29.8. The fourth-order valence-electron chi connectivity index (χ4n) is 11.7. The van der Waals surface area contributed by atoms with Crippen LogP contribution in [0.15, 0.2) is 104 Å². The molecule has 8 rings (SSSR count). The summed E-state index contributed by atoms with van der Waals surface area (Å²) in [6, 6.07) is 14.4. The normalized spacial score (nSPS) is 17.7. The topological polar surface area (TPSA) is 343 Å². The number of carbonyl (C=O) groups excluding carboxylic acids is 10. The lowest BCUT2D eigenvalue weighted by atomic mass is 9.95. The highest BCUT2D eigenvalue weighted by molar-refractivity contribution is 5.98. The van der Waals surface area contributed by atoms with Crippen LogP contribution in [0.25, 0.3) is 21.8 Å². The summed E-state index contributed by atoms with van der Waals surface area (Å²) in [6.07, 6.45) is 7.76. The van der Waals surface area contributed by atoms with E-state index in [2.05, 4.69) is 47.2 Å². The molecule has 3 aromatic heterocycles. The molecule has 10 atom stereocenters. The van der Waals surface area contributed by atoms with Crippen LogP contribution in [-0.2, 0) is 73.6 Å². The van der Waals surface area contributed by atoms with Crippen molar-refractivity contribution < 1.29 is 53.1 Å². The number of hydrogen-bond acceptors (Lipinski definition) is 13. The van der Waals surface area contributed by atoms with E-state index in [1.54, 1.807) is 86.0 Å². The number of rotatable bonds is 30. The zero-order valence-electron chi connectivity index (χ0n) is 49.4. The zero-order chi connectivity index (χ0) is 62.3. The number of imidazole rings is 1. The minimum absolute atomic E-state index is 0.0170. The van der Waals surface area contributed by atoms with Crippen molar-refractivity contribution in [2.45, 2.75) is 153 Å². The maximum absolute atomic E-state index is 14.9. The van der Waals surface area contributed by atoms with Crippen molar-refractivity contribution in [2.75, 3.05) is 13.1 Å². The van der Waals surface area contributed by atoms with Gasteiger partial charge in [-0.3, -0.25) is 57.1 Å². The maximum atomic E-state index is 14.9. The largest absolute Gasteiger partial charge is 0.390 e. The second kappa shape index (κ2) is 29.9. The third-order valence-electron chi connectivity index (χ3n) is 16.5. The van der Waals surface area contributed by atoms with E-state index in [0.29, 0.717) is 77.4 Å². The fourth-order valence-corrected chi connectivity index (χ4v) is 11.7. The molecule has 24 heteroatoms. The van der Waals surface area contributed by atoms with E-state index in [1.165, 1.54) is 26.6 Å². The van der Waals surface area contributed by atoms with E-state index in [9.17, 15) is 53.1 Å². The summed E-state index contributed by atoms with van der Waals surface area (Å²) in [5.74, 6) is -5.86. The highest BCUT2D eigenvalue weighted by atomic mass is 16.3. The molecule has 2 saturated heterocycles. The minimum atomic E-state index is -1.51. The van der Waals surface area contributed by atoms with Crippen molar-refractivity contribution in [3.8, 4) is 0 Å². The number of carbonyl (C=O) groups is 10. The van der Waals surface area contributed by atoms with E-state index in [4.69, 9.17) is 5.73 Å². The molecule has 2 unspecified atom stereocenters. The number of nitrogens with two attached hydrogens (primary N) is 1. The third-order valence-corrected chi connectivity index (χ3v) is 16.5. The molecule has 6 aromatic rings. The minimum Gasteiger partial charge on any atom is -0.390 e. The van der Waals surface area contributed by atoms with E-state index < -0.39 is 108 Å². The van der Waals surface area contributed by atoms with Crippen LogP contribution in [0.5, 0.6) is 0 Å². The van der Waals surface area contributed by atoms with Crippen molar-refractivity contribution in [3.63, 3.8) is 0 Å².